The summed E-state index contributed by atoms with van der Waals surface area (Å²) >= 11 is 0. The number of hydrogen-bond acceptors (Lipinski definition) is 7. The molecule has 9 heteroatoms. The first-order chi connectivity index (χ1) is 9.72. The Bertz CT molecular complexity index is 856. The van der Waals surface area contributed by atoms with Crippen molar-refractivity contribution in [1.29, 1.82) is 0 Å². The number of benzene rings is 2. The molecule has 112 valence electrons. The maximum absolute atomic E-state index is 11.9. The van der Waals surface area contributed by atoms with Crippen LogP contribution in [0.3, 0.4) is 0 Å². The van der Waals surface area contributed by atoms with Crippen molar-refractivity contribution in [2.75, 3.05) is 0 Å². The highest BCUT2D eigenvalue weighted by Crippen LogP contribution is 2.29. The lowest BCUT2D eigenvalue weighted by Gasteiger charge is -2.08. The third-order valence-electron chi connectivity index (χ3n) is 2.42. The quantitative estimate of drug-likeness (QED) is 0.808. The van der Waals surface area contributed by atoms with Crippen molar-refractivity contribution in [3.05, 3.63) is 48.5 Å². The Morgan fingerprint density at radius 3 is 2.05 bits per heavy atom. The van der Waals surface area contributed by atoms with Gasteiger partial charge in [0, 0.05) is 6.07 Å². The van der Waals surface area contributed by atoms with Crippen LogP contribution in [0.25, 0.3) is 0 Å². The molecule has 2 aromatic rings. The summed E-state index contributed by atoms with van der Waals surface area (Å²) in [5, 5.41) is 18.7. The summed E-state index contributed by atoms with van der Waals surface area (Å²) in [6.45, 7) is 0. The summed E-state index contributed by atoms with van der Waals surface area (Å²) in [6.07, 6.45) is 0. The maximum atomic E-state index is 11.9. The van der Waals surface area contributed by atoms with Gasteiger partial charge in [0.2, 0.25) is 0 Å². The zero-order valence-corrected chi connectivity index (χ0v) is 12.0. The largest absolute Gasteiger partial charge is 0.508 e. The van der Waals surface area contributed by atoms with E-state index in [1.54, 1.807) is 6.07 Å². The molecule has 0 saturated heterocycles. The number of aromatic hydroxyl groups is 2. The van der Waals surface area contributed by atoms with Crippen LogP contribution in [0.15, 0.2) is 58.3 Å². The van der Waals surface area contributed by atoms with Crippen LogP contribution in [0.5, 0.6) is 11.5 Å². The minimum absolute atomic E-state index is 0.354. The Hall–Kier alpha value is -2.10. The second kappa shape index (κ2) is 5.35. The molecule has 21 heavy (non-hydrogen) atoms. The van der Waals surface area contributed by atoms with Gasteiger partial charge in [-0.2, -0.15) is 16.8 Å². The van der Waals surface area contributed by atoms with Crippen molar-refractivity contribution in [3.8, 4) is 11.5 Å². The highest BCUT2D eigenvalue weighted by atomic mass is 32.3. The van der Waals surface area contributed by atoms with Gasteiger partial charge in [-0.25, -0.2) is 0 Å². The van der Waals surface area contributed by atoms with E-state index >= 15 is 0 Å². The molecule has 0 radical (unpaired) electrons. The Morgan fingerprint density at radius 1 is 0.810 bits per heavy atom. The first-order valence-corrected chi connectivity index (χ1v) is 8.32. The molecule has 0 fully saturated rings. The van der Waals surface area contributed by atoms with Gasteiger partial charge in [-0.1, -0.05) is 18.2 Å². The molecule has 0 bridgehead atoms. The zero-order valence-electron chi connectivity index (χ0n) is 10.4. The van der Waals surface area contributed by atoms with Gasteiger partial charge in [-0.05, 0) is 24.3 Å². The zero-order chi connectivity index (χ0) is 15.7. The topological polar surface area (TPSA) is 118 Å². The van der Waals surface area contributed by atoms with E-state index in [9.17, 15) is 27.0 Å². The summed E-state index contributed by atoms with van der Waals surface area (Å²) in [5.74, 6) is -1.21. The molecule has 0 saturated carbocycles. The van der Waals surface area contributed by atoms with Crippen LogP contribution < -0.4 is 0 Å². The lowest BCUT2D eigenvalue weighted by molar-refractivity contribution is 0.431. The number of phenolic OH excluding ortho intramolecular Hbond substituents is 2. The summed E-state index contributed by atoms with van der Waals surface area (Å²) in [7, 11) is -9.39. The molecule has 2 rings (SSSR count). The molecule has 0 aliphatic heterocycles. The third-order valence-corrected chi connectivity index (χ3v) is 5.57. The highest BCUT2D eigenvalue weighted by Gasteiger charge is 2.29. The van der Waals surface area contributed by atoms with Crippen molar-refractivity contribution < 1.29 is 30.7 Å². The average molecular weight is 330 g/mol. The number of rotatable bonds is 4. The molecule has 0 aromatic heterocycles. The van der Waals surface area contributed by atoms with Crippen LogP contribution in [-0.4, -0.2) is 27.0 Å². The van der Waals surface area contributed by atoms with Gasteiger partial charge < -0.3 is 10.2 Å². The van der Waals surface area contributed by atoms with Crippen LogP contribution in [-0.2, 0) is 23.9 Å². The predicted octanol–water partition coefficient (Wildman–Crippen LogP) is 1.19. The van der Waals surface area contributed by atoms with Crippen molar-refractivity contribution in [1.82, 2.24) is 0 Å². The minimum Gasteiger partial charge on any atom is -0.508 e. The Kier molecular flexibility index (Phi) is 3.90. The second-order valence-corrected chi connectivity index (χ2v) is 7.21. The minimum atomic E-state index is -4.82. The van der Waals surface area contributed by atoms with Crippen molar-refractivity contribution in [3.63, 3.8) is 0 Å². The standard InChI is InChI=1S/C12H10O7S2/c13-9-6-7-11(14)12(8-9)21(17,18)19-20(15,16)10-4-2-1-3-5-10/h1-8,13-14H. The van der Waals surface area contributed by atoms with Crippen LogP contribution in [0.2, 0.25) is 0 Å². The fraction of sp³-hybridized carbons (Fsp3) is 0. The van der Waals surface area contributed by atoms with E-state index in [1.807, 2.05) is 0 Å². The molecule has 0 amide bonds. The van der Waals surface area contributed by atoms with Crippen molar-refractivity contribution in [2.24, 2.45) is 0 Å². The van der Waals surface area contributed by atoms with E-state index in [0.717, 1.165) is 24.3 Å². The molecular formula is C12H10O7S2. The molecule has 0 spiro atoms. The average Bonchev–Trinajstić information content (AvgIpc) is 2.41. The normalized spacial score (nSPS) is 12.2. The number of phenols is 2. The summed E-state index contributed by atoms with van der Waals surface area (Å²) in [4.78, 5) is -1.20. The van der Waals surface area contributed by atoms with Crippen LogP contribution in [0.4, 0.5) is 0 Å². The third kappa shape index (κ3) is 3.32. The molecule has 0 atom stereocenters. The van der Waals surface area contributed by atoms with Gasteiger partial charge >= 0.3 is 20.2 Å². The lowest BCUT2D eigenvalue weighted by atomic mass is 10.3. The van der Waals surface area contributed by atoms with Crippen molar-refractivity contribution in [2.45, 2.75) is 9.79 Å². The Balaban J connectivity index is 2.45. The predicted molar refractivity (Wildman–Crippen MR) is 71.7 cm³/mol. The first kappa shape index (κ1) is 15.3. The first-order valence-electron chi connectivity index (χ1n) is 5.50. The fourth-order valence-electron chi connectivity index (χ4n) is 1.48. The van der Waals surface area contributed by atoms with Gasteiger partial charge in [-0.3, -0.25) is 0 Å². The Labute approximate surface area is 121 Å². The van der Waals surface area contributed by atoms with Gasteiger partial charge in [0.1, 0.15) is 16.4 Å². The smallest absolute Gasteiger partial charge is 0.315 e. The monoisotopic (exact) mass is 330 g/mol. The van der Waals surface area contributed by atoms with E-state index in [2.05, 4.69) is 3.63 Å². The van der Waals surface area contributed by atoms with Gasteiger partial charge in [0.15, 0.2) is 0 Å². The van der Waals surface area contributed by atoms with Gasteiger partial charge in [0.05, 0.1) is 4.90 Å². The lowest BCUT2D eigenvalue weighted by Crippen LogP contribution is -2.14. The SMILES string of the molecule is O=S(=O)(OS(=O)(=O)c1cc(O)ccc1O)c1ccccc1. The van der Waals surface area contributed by atoms with E-state index in [0.29, 0.717) is 6.07 Å². The molecule has 0 unspecified atom stereocenters. The summed E-state index contributed by atoms with van der Waals surface area (Å²) in [5.41, 5.74) is 0. The molecule has 7 nitrogen and oxygen atoms in total. The molecular weight excluding hydrogens is 320 g/mol. The highest BCUT2D eigenvalue weighted by molar-refractivity contribution is 8.00. The van der Waals surface area contributed by atoms with E-state index < -0.39 is 36.6 Å². The molecule has 2 aromatic carbocycles. The summed E-state index contributed by atoms with van der Waals surface area (Å²) in [6, 6.07) is 9.30. The van der Waals surface area contributed by atoms with Crippen LogP contribution in [0, 0.1) is 0 Å². The van der Waals surface area contributed by atoms with Crippen LogP contribution in [0.1, 0.15) is 0 Å². The molecule has 0 aliphatic carbocycles. The fourth-order valence-corrected chi connectivity index (χ4v) is 4.11. The van der Waals surface area contributed by atoms with Crippen LogP contribution >= 0.6 is 0 Å². The Morgan fingerprint density at radius 2 is 1.43 bits per heavy atom. The van der Waals surface area contributed by atoms with E-state index in [4.69, 9.17) is 0 Å². The maximum Gasteiger partial charge on any atom is 0.315 e. The van der Waals surface area contributed by atoms with E-state index in [-0.39, 0.29) is 4.90 Å². The van der Waals surface area contributed by atoms with Gasteiger partial charge in [-0.15, -0.1) is 3.63 Å². The second-order valence-electron chi connectivity index (χ2n) is 3.94. The molecule has 2 N–H and O–H groups in total. The van der Waals surface area contributed by atoms with Crippen molar-refractivity contribution >= 4 is 20.2 Å². The summed E-state index contributed by atoms with van der Waals surface area (Å²) < 4.78 is 51.8. The number of hydrogen-bond donors (Lipinski definition) is 2. The van der Waals surface area contributed by atoms with Gasteiger partial charge in [0.25, 0.3) is 0 Å². The molecule has 0 heterocycles. The van der Waals surface area contributed by atoms with E-state index in [1.165, 1.54) is 12.1 Å². The molecule has 0 aliphatic rings.